The molecule has 2 nitrogen and oxygen atoms in total. The van der Waals surface area contributed by atoms with Crippen molar-refractivity contribution in [1.29, 1.82) is 0 Å². The second-order valence-electron chi connectivity index (χ2n) is 3.60. The smallest absolute Gasteiger partial charge is 0.253 e. The molecule has 1 atom stereocenters. The molecule has 0 aromatic heterocycles. The lowest BCUT2D eigenvalue weighted by molar-refractivity contribution is 0.0797. The van der Waals surface area contributed by atoms with Gasteiger partial charge >= 0.3 is 0 Å². The first-order valence-electron chi connectivity index (χ1n) is 4.76. The van der Waals surface area contributed by atoms with Gasteiger partial charge in [-0.25, -0.2) is 8.78 Å². The summed E-state index contributed by atoms with van der Waals surface area (Å²) in [6.07, 6.45) is 0. The first kappa shape index (κ1) is 13.1. The number of hydrogen-bond donors (Lipinski definition) is 0. The zero-order valence-electron chi connectivity index (χ0n) is 9.01. The van der Waals surface area contributed by atoms with Gasteiger partial charge in [0.2, 0.25) is 0 Å². The summed E-state index contributed by atoms with van der Waals surface area (Å²) in [5, 5.41) is 0. The van der Waals surface area contributed by atoms with Gasteiger partial charge in [0.25, 0.3) is 5.91 Å². The van der Waals surface area contributed by atoms with Gasteiger partial charge in [-0.3, -0.25) is 4.79 Å². The van der Waals surface area contributed by atoms with Crippen LogP contribution in [0.5, 0.6) is 0 Å². The van der Waals surface area contributed by atoms with Crippen LogP contribution in [0.4, 0.5) is 8.78 Å². The van der Waals surface area contributed by atoms with E-state index in [1.807, 2.05) is 6.92 Å². The van der Waals surface area contributed by atoms with Crippen LogP contribution >= 0.6 is 15.9 Å². The summed E-state index contributed by atoms with van der Waals surface area (Å²) in [5.74, 6) is -2.29. The molecular weight excluding hydrogens is 280 g/mol. The predicted molar refractivity (Wildman–Crippen MR) is 61.7 cm³/mol. The molecule has 1 unspecified atom stereocenters. The number of amides is 1. The van der Waals surface area contributed by atoms with Gasteiger partial charge in [0.15, 0.2) is 11.6 Å². The Hall–Kier alpha value is -0.970. The van der Waals surface area contributed by atoms with E-state index in [2.05, 4.69) is 15.9 Å². The van der Waals surface area contributed by atoms with Crippen molar-refractivity contribution in [2.24, 2.45) is 0 Å². The Morgan fingerprint density at radius 3 is 2.56 bits per heavy atom. The minimum absolute atomic E-state index is 0.145. The largest absolute Gasteiger partial charge is 0.341 e. The summed E-state index contributed by atoms with van der Waals surface area (Å²) in [4.78, 5) is 13.4. The molecule has 0 heterocycles. The number of alkyl halides is 1. The van der Waals surface area contributed by atoms with Gasteiger partial charge in [-0.15, -0.1) is 0 Å². The van der Waals surface area contributed by atoms with E-state index in [1.54, 1.807) is 7.05 Å². The lowest BCUT2D eigenvalue weighted by atomic mass is 10.2. The van der Waals surface area contributed by atoms with E-state index in [-0.39, 0.29) is 16.3 Å². The van der Waals surface area contributed by atoms with Crippen molar-refractivity contribution in [2.45, 2.75) is 11.8 Å². The number of carbonyl (C=O) groups is 1. The summed E-state index contributed by atoms with van der Waals surface area (Å²) >= 11 is 3.31. The van der Waals surface area contributed by atoms with E-state index < -0.39 is 11.6 Å². The third kappa shape index (κ3) is 3.27. The monoisotopic (exact) mass is 291 g/mol. The molecule has 0 saturated heterocycles. The van der Waals surface area contributed by atoms with Crippen molar-refractivity contribution in [1.82, 2.24) is 4.90 Å². The summed E-state index contributed by atoms with van der Waals surface area (Å²) in [7, 11) is 1.61. The normalized spacial score (nSPS) is 12.3. The Bertz CT molecular complexity index is 396. The molecular formula is C11H12BrF2NO. The lowest BCUT2D eigenvalue weighted by Crippen LogP contribution is -2.31. The third-order valence-corrected chi connectivity index (χ3v) is 2.33. The molecule has 0 aliphatic heterocycles. The minimum atomic E-state index is -1.01. The molecule has 0 N–H and O–H groups in total. The van der Waals surface area contributed by atoms with E-state index in [0.717, 1.165) is 12.1 Å². The van der Waals surface area contributed by atoms with Gasteiger partial charge in [0, 0.05) is 24.0 Å². The van der Waals surface area contributed by atoms with Crippen molar-refractivity contribution >= 4 is 21.8 Å². The van der Waals surface area contributed by atoms with Crippen LogP contribution in [-0.2, 0) is 0 Å². The molecule has 0 aliphatic rings. The van der Waals surface area contributed by atoms with Crippen LogP contribution in [0.25, 0.3) is 0 Å². The van der Waals surface area contributed by atoms with Gasteiger partial charge < -0.3 is 4.90 Å². The number of nitrogens with zero attached hydrogens (tertiary/aromatic N) is 1. The van der Waals surface area contributed by atoms with Crippen LogP contribution in [0.3, 0.4) is 0 Å². The Morgan fingerprint density at radius 1 is 1.44 bits per heavy atom. The quantitative estimate of drug-likeness (QED) is 0.784. The Morgan fingerprint density at radius 2 is 2.06 bits per heavy atom. The molecule has 16 heavy (non-hydrogen) atoms. The molecule has 1 aromatic carbocycles. The maximum atomic E-state index is 12.9. The molecule has 0 spiro atoms. The number of benzene rings is 1. The zero-order valence-corrected chi connectivity index (χ0v) is 10.6. The maximum absolute atomic E-state index is 12.9. The van der Waals surface area contributed by atoms with Crippen LogP contribution in [0.2, 0.25) is 0 Å². The molecule has 88 valence electrons. The zero-order chi connectivity index (χ0) is 12.3. The van der Waals surface area contributed by atoms with Crippen molar-refractivity contribution in [3.05, 3.63) is 35.4 Å². The van der Waals surface area contributed by atoms with E-state index in [9.17, 15) is 13.6 Å². The summed E-state index contributed by atoms with van der Waals surface area (Å²) in [5.41, 5.74) is 0.148. The molecule has 1 amide bonds. The van der Waals surface area contributed by atoms with Crippen molar-refractivity contribution in [3.8, 4) is 0 Å². The molecule has 1 rings (SSSR count). The number of carbonyl (C=O) groups excluding carboxylic acids is 1. The van der Waals surface area contributed by atoms with Gasteiger partial charge in [0.05, 0.1) is 0 Å². The Balaban J connectivity index is 2.84. The van der Waals surface area contributed by atoms with E-state index in [1.165, 1.54) is 11.0 Å². The average Bonchev–Trinajstić information content (AvgIpc) is 2.20. The highest BCUT2D eigenvalue weighted by molar-refractivity contribution is 9.09. The molecule has 5 heteroatoms. The summed E-state index contributed by atoms with van der Waals surface area (Å²) < 4.78 is 25.6. The van der Waals surface area contributed by atoms with Crippen LogP contribution in [0.1, 0.15) is 17.3 Å². The topological polar surface area (TPSA) is 20.3 Å². The van der Waals surface area contributed by atoms with Crippen LogP contribution < -0.4 is 0 Å². The minimum Gasteiger partial charge on any atom is -0.341 e. The van der Waals surface area contributed by atoms with Gasteiger partial charge in [-0.2, -0.15) is 0 Å². The summed E-state index contributed by atoms with van der Waals surface area (Å²) in [6, 6.07) is 3.14. The molecule has 0 saturated carbocycles. The highest BCUT2D eigenvalue weighted by atomic mass is 79.9. The van der Waals surface area contributed by atoms with Crippen molar-refractivity contribution in [3.63, 3.8) is 0 Å². The van der Waals surface area contributed by atoms with Gasteiger partial charge in [-0.05, 0) is 18.2 Å². The number of rotatable bonds is 3. The lowest BCUT2D eigenvalue weighted by Gasteiger charge is -2.18. The van der Waals surface area contributed by atoms with Crippen molar-refractivity contribution in [2.75, 3.05) is 13.6 Å². The first-order valence-corrected chi connectivity index (χ1v) is 5.68. The molecule has 0 aliphatic carbocycles. The third-order valence-electron chi connectivity index (χ3n) is 2.04. The Labute approximate surface area is 101 Å². The highest BCUT2D eigenvalue weighted by Crippen LogP contribution is 2.11. The predicted octanol–water partition coefficient (Wildman–Crippen LogP) is 2.82. The second-order valence-corrected chi connectivity index (χ2v) is 5.16. The standard InChI is InChI=1S/C11H12BrF2NO/c1-7(12)6-15(2)11(16)8-3-4-9(13)10(14)5-8/h3-5,7H,6H2,1-2H3. The fourth-order valence-corrected chi connectivity index (χ4v) is 1.74. The fraction of sp³-hybridized carbons (Fsp3) is 0.364. The molecule has 0 radical (unpaired) electrons. The van der Waals surface area contributed by atoms with Crippen LogP contribution in [-0.4, -0.2) is 29.2 Å². The van der Waals surface area contributed by atoms with Gasteiger partial charge in [0.1, 0.15) is 0 Å². The maximum Gasteiger partial charge on any atom is 0.253 e. The van der Waals surface area contributed by atoms with Crippen LogP contribution in [0.15, 0.2) is 18.2 Å². The number of halogens is 3. The Kier molecular flexibility index (Phi) is 4.41. The van der Waals surface area contributed by atoms with E-state index in [4.69, 9.17) is 0 Å². The molecule has 1 aromatic rings. The van der Waals surface area contributed by atoms with Crippen molar-refractivity contribution < 1.29 is 13.6 Å². The SMILES string of the molecule is CC(Br)CN(C)C(=O)c1ccc(F)c(F)c1. The highest BCUT2D eigenvalue weighted by Gasteiger charge is 2.15. The van der Waals surface area contributed by atoms with E-state index in [0.29, 0.717) is 6.54 Å². The fourth-order valence-electron chi connectivity index (χ4n) is 1.31. The average molecular weight is 292 g/mol. The summed E-state index contributed by atoms with van der Waals surface area (Å²) in [6.45, 7) is 2.40. The second kappa shape index (κ2) is 5.39. The number of hydrogen-bond acceptors (Lipinski definition) is 1. The molecule has 0 fully saturated rings. The first-order chi connectivity index (χ1) is 7.41. The van der Waals surface area contributed by atoms with Crippen LogP contribution in [0, 0.1) is 11.6 Å². The molecule has 0 bridgehead atoms. The van der Waals surface area contributed by atoms with E-state index >= 15 is 0 Å². The van der Waals surface area contributed by atoms with Gasteiger partial charge in [-0.1, -0.05) is 22.9 Å².